The molecule has 0 aliphatic heterocycles. The molecule has 0 unspecified atom stereocenters. The van der Waals surface area contributed by atoms with Crippen molar-refractivity contribution in [1.29, 1.82) is 0 Å². The van der Waals surface area contributed by atoms with E-state index in [-0.39, 0.29) is 47.3 Å². The topological polar surface area (TPSA) is 54.4 Å². The van der Waals surface area contributed by atoms with Crippen molar-refractivity contribution in [2.75, 3.05) is 0 Å². The zero-order chi connectivity index (χ0) is 16.6. The molecule has 4 heteroatoms. The number of Topliss-reactive ketones (excluding diaryl/α,β-unsaturated/α-hetero) is 2. The third kappa shape index (κ3) is 2.16. The van der Waals surface area contributed by atoms with Gasteiger partial charge in [0, 0.05) is 16.7 Å². The first-order valence-electron chi connectivity index (χ1n) is 9.13. The summed E-state index contributed by atoms with van der Waals surface area (Å²) < 4.78 is 0. The molecule has 0 heterocycles. The van der Waals surface area contributed by atoms with E-state index in [9.17, 15) is 14.7 Å². The maximum Gasteiger partial charge on any atom is 0.146 e. The minimum atomic E-state index is -0.385. The Morgan fingerprint density at radius 3 is 2.65 bits per heavy atom. The van der Waals surface area contributed by atoms with Crippen LogP contribution in [-0.2, 0) is 9.59 Å². The van der Waals surface area contributed by atoms with Gasteiger partial charge in [0.05, 0.1) is 12.5 Å². The van der Waals surface area contributed by atoms with Gasteiger partial charge in [-0.3, -0.25) is 9.59 Å². The average molecular weight is 383 g/mol. The van der Waals surface area contributed by atoms with Crippen molar-refractivity contribution in [3.63, 3.8) is 0 Å². The zero-order valence-electron chi connectivity index (χ0n) is 14.1. The molecular weight excluding hydrogens is 356 g/mol. The van der Waals surface area contributed by atoms with Crippen LogP contribution in [-0.4, -0.2) is 27.6 Å². The molecular formula is C19H27BrO3. The molecule has 0 spiro atoms. The molecule has 23 heavy (non-hydrogen) atoms. The zero-order valence-corrected chi connectivity index (χ0v) is 15.6. The highest BCUT2D eigenvalue weighted by atomic mass is 79.9. The largest absolute Gasteiger partial charge is 0.393 e. The Morgan fingerprint density at radius 2 is 1.91 bits per heavy atom. The molecule has 0 aromatic carbocycles. The second kappa shape index (κ2) is 5.14. The molecule has 0 aromatic heterocycles. The summed E-state index contributed by atoms with van der Waals surface area (Å²) in [4.78, 5) is 25.3. The maximum atomic E-state index is 12.8. The summed E-state index contributed by atoms with van der Waals surface area (Å²) in [6, 6.07) is 0. The number of aliphatic hydroxyl groups excluding tert-OH is 1. The van der Waals surface area contributed by atoms with Gasteiger partial charge >= 0.3 is 0 Å². The number of fused-ring (bicyclic) bond motifs is 5. The van der Waals surface area contributed by atoms with Crippen LogP contribution in [0.15, 0.2) is 0 Å². The van der Waals surface area contributed by atoms with Gasteiger partial charge in [0.25, 0.3) is 0 Å². The van der Waals surface area contributed by atoms with Gasteiger partial charge in [0.15, 0.2) is 0 Å². The molecule has 3 nitrogen and oxygen atoms in total. The normalized spacial score (nSPS) is 56.0. The summed E-state index contributed by atoms with van der Waals surface area (Å²) in [5.74, 6) is 1.27. The van der Waals surface area contributed by atoms with E-state index in [1.54, 1.807) is 0 Å². The number of hydrogen-bond acceptors (Lipinski definition) is 3. The summed E-state index contributed by atoms with van der Waals surface area (Å²) in [5.41, 5.74) is -0.0867. The lowest BCUT2D eigenvalue weighted by Gasteiger charge is -2.60. The Labute approximate surface area is 146 Å². The molecule has 0 amide bonds. The van der Waals surface area contributed by atoms with Gasteiger partial charge in [0.1, 0.15) is 11.6 Å². The number of hydrogen-bond donors (Lipinski definition) is 1. The fourth-order valence-electron chi connectivity index (χ4n) is 6.85. The molecule has 0 aromatic rings. The van der Waals surface area contributed by atoms with Gasteiger partial charge in [-0.05, 0) is 61.2 Å². The van der Waals surface area contributed by atoms with E-state index in [2.05, 4.69) is 29.8 Å². The van der Waals surface area contributed by atoms with Crippen molar-refractivity contribution in [3.05, 3.63) is 0 Å². The van der Waals surface area contributed by atoms with Gasteiger partial charge < -0.3 is 5.11 Å². The van der Waals surface area contributed by atoms with Crippen LogP contribution in [0.25, 0.3) is 0 Å². The van der Waals surface area contributed by atoms with Gasteiger partial charge in [0.2, 0.25) is 0 Å². The summed E-state index contributed by atoms with van der Waals surface area (Å²) in [6.45, 7) is 4.49. The molecule has 1 N–H and O–H groups in total. The second-order valence-electron chi connectivity index (χ2n) is 9.15. The molecule has 4 aliphatic rings. The first kappa shape index (κ1) is 16.3. The predicted molar refractivity (Wildman–Crippen MR) is 91.2 cm³/mol. The third-order valence-electron chi connectivity index (χ3n) is 8.07. The smallest absolute Gasteiger partial charge is 0.146 e. The van der Waals surface area contributed by atoms with Crippen molar-refractivity contribution in [2.45, 2.75) is 69.7 Å². The molecule has 4 rings (SSSR count). The van der Waals surface area contributed by atoms with Crippen LogP contribution in [0.2, 0.25) is 0 Å². The Balaban J connectivity index is 1.73. The maximum absolute atomic E-state index is 12.8. The number of aliphatic hydroxyl groups is 1. The minimum Gasteiger partial charge on any atom is -0.393 e. The summed E-state index contributed by atoms with van der Waals surface area (Å²) in [7, 11) is 0. The summed E-state index contributed by atoms with van der Waals surface area (Å²) >= 11 is 3.81. The summed E-state index contributed by atoms with van der Waals surface area (Å²) in [5, 5.41) is 10.9. The van der Waals surface area contributed by atoms with Crippen LogP contribution in [0.4, 0.5) is 0 Å². The Kier molecular flexibility index (Phi) is 3.63. The van der Waals surface area contributed by atoms with E-state index in [1.807, 2.05) is 0 Å². The quantitative estimate of drug-likeness (QED) is 0.515. The van der Waals surface area contributed by atoms with Gasteiger partial charge in [-0.15, -0.1) is 0 Å². The number of rotatable bonds is 0. The Bertz CT molecular complexity index is 561. The van der Waals surface area contributed by atoms with E-state index >= 15 is 0 Å². The van der Waals surface area contributed by atoms with Gasteiger partial charge in [-0.25, -0.2) is 0 Å². The number of ketones is 2. The van der Waals surface area contributed by atoms with E-state index in [0.29, 0.717) is 29.0 Å². The predicted octanol–water partition coefficient (Wildman–Crippen LogP) is 3.51. The molecule has 0 radical (unpaired) electrons. The monoisotopic (exact) mass is 382 g/mol. The van der Waals surface area contributed by atoms with Crippen LogP contribution in [0.3, 0.4) is 0 Å². The fraction of sp³-hybridized carbons (Fsp3) is 0.895. The lowest BCUT2D eigenvalue weighted by Crippen LogP contribution is -2.60. The second-order valence-corrected chi connectivity index (χ2v) is 10.4. The standard InChI is InChI=1S/C19H27BrO3/c1-18-4-3-13-17(14(18)7-11(20)9-18)15(22)6-10-5-12(21)8-16(23)19(10,13)2/h10-11,13-15,17,22H,3-9H2,1-2H3/t10-,11-,13+,14+,15+,17-,18-,19+/m1/s1. The summed E-state index contributed by atoms with van der Waals surface area (Å²) in [6.07, 6.45) is 5.37. The Hall–Kier alpha value is -0.220. The van der Waals surface area contributed by atoms with Crippen molar-refractivity contribution in [3.8, 4) is 0 Å². The molecule has 0 saturated heterocycles. The highest BCUT2D eigenvalue weighted by molar-refractivity contribution is 9.09. The van der Waals surface area contributed by atoms with Gasteiger partial charge in [-0.1, -0.05) is 29.8 Å². The number of carbonyl (C=O) groups excluding carboxylic acids is 2. The minimum absolute atomic E-state index is 0.0537. The molecule has 4 aliphatic carbocycles. The Morgan fingerprint density at radius 1 is 1.17 bits per heavy atom. The van der Waals surface area contributed by atoms with Crippen molar-refractivity contribution in [2.24, 2.45) is 34.5 Å². The van der Waals surface area contributed by atoms with Crippen molar-refractivity contribution < 1.29 is 14.7 Å². The van der Waals surface area contributed by atoms with E-state index in [1.165, 1.54) is 6.42 Å². The van der Waals surface area contributed by atoms with Crippen molar-refractivity contribution in [1.82, 2.24) is 0 Å². The van der Waals surface area contributed by atoms with Gasteiger partial charge in [-0.2, -0.15) is 0 Å². The lowest BCUT2D eigenvalue weighted by molar-refractivity contribution is -0.174. The van der Waals surface area contributed by atoms with E-state index < -0.39 is 0 Å². The highest BCUT2D eigenvalue weighted by Gasteiger charge is 2.63. The SMILES string of the molecule is C[C@]12CC[C@H]3[C@@H]([C@@H](O)C[C@H]4CC(=O)CC(=O)[C@@]43C)[C@@H]1C[C@@H](Br)C2. The van der Waals surface area contributed by atoms with Crippen LogP contribution in [0, 0.1) is 34.5 Å². The average Bonchev–Trinajstić information content (AvgIpc) is 2.76. The van der Waals surface area contributed by atoms with Crippen LogP contribution in [0.1, 0.15) is 58.8 Å². The lowest BCUT2D eigenvalue weighted by atomic mass is 9.44. The van der Waals surface area contributed by atoms with Crippen LogP contribution in [0.5, 0.6) is 0 Å². The van der Waals surface area contributed by atoms with Crippen LogP contribution < -0.4 is 0 Å². The van der Waals surface area contributed by atoms with Crippen molar-refractivity contribution >= 4 is 27.5 Å². The fourth-order valence-corrected chi connectivity index (χ4v) is 7.99. The number of carbonyl (C=O) groups is 2. The number of alkyl halides is 1. The van der Waals surface area contributed by atoms with E-state index in [4.69, 9.17) is 0 Å². The highest BCUT2D eigenvalue weighted by Crippen LogP contribution is 2.65. The molecule has 4 fully saturated rings. The molecule has 128 valence electrons. The van der Waals surface area contributed by atoms with E-state index in [0.717, 1.165) is 19.3 Å². The molecule has 8 atom stereocenters. The number of halogens is 1. The first-order valence-corrected chi connectivity index (χ1v) is 10.0. The third-order valence-corrected chi connectivity index (χ3v) is 8.77. The molecule has 0 bridgehead atoms. The first-order chi connectivity index (χ1) is 10.8. The molecule has 4 saturated carbocycles. The van der Waals surface area contributed by atoms with Crippen LogP contribution >= 0.6 is 15.9 Å².